The minimum atomic E-state index is -0.387. The number of para-hydroxylation sites is 1. The molecule has 0 aliphatic rings. The smallest absolute Gasteiger partial charge is 0.248 e. The van der Waals surface area contributed by atoms with E-state index in [1.54, 1.807) is 18.2 Å². The van der Waals surface area contributed by atoms with Crippen molar-refractivity contribution in [3.8, 4) is 5.75 Å². The van der Waals surface area contributed by atoms with Crippen LogP contribution in [0.1, 0.15) is 0 Å². The predicted molar refractivity (Wildman–Crippen MR) is 43.4 cm³/mol. The summed E-state index contributed by atoms with van der Waals surface area (Å²) < 4.78 is 17.8. The van der Waals surface area contributed by atoms with Gasteiger partial charge in [-0.3, -0.25) is 0 Å². The molecule has 0 unspecified atom stereocenters. The summed E-state index contributed by atoms with van der Waals surface area (Å²) in [7, 11) is 0. The van der Waals surface area contributed by atoms with E-state index in [1.165, 1.54) is 6.07 Å². The van der Waals surface area contributed by atoms with Gasteiger partial charge in [-0.2, -0.15) is 0 Å². The topological polar surface area (TPSA) is 13.6 Å². The van der Waals surface area contributed by atoms with Crippen molar-refractivity contribution >= 4 is 0 Å². The molecule has 0 spiro atoms. The molecule has 1 aromatic rings. The molecule has 1 aromatic carbocycles. The molecule has 0 bridgehead atoms. The third-order valence-corrected chi connectivity index (χ3v) is 1.30. The first-order valence-electron chi connectivity index (χ1n) is 3.55. The average molecular weight is 165 g/mol. The normalized spacial score (nSPS) is 9.00. The van der Waals surface area contributed by atoms with Crippen molar-refractivity contribution in [2.45, 2.75) is 0 Å². The van der Waals surface area contributed by atoms with Crippen LogP contribution in [0, 0.1) is 12.4 Å². The third kappa shape index (κ3) is 2.24. The molecule has 0 aromatic heterocycles. The Balaban J connectivity index is 2.53. The van der Waals surface area contributed by atoms with Crippen LogP contribution in [0.3, 0.4) is 0 Å². The molecule has 12 heavy (non-hydrogen) atoms. The van der Waals surface area contributed by atoms with E-state index < -0.39 is 0 Å². The van der Waals surface area contributed by atoms with E-state index in [0.717, 1.165) is 0 Å². The standard InChI is InChI=1S/C9H8FNO/c1-11-6-7-12-9-5-3-2-4-8(9)10/h2-5H,6-7H2. The average Bonchev–Trinajstić information content (AvgIpc) is 2.09. The zero-order valence-electron chi connectivity index (χ0n) is 6.46. The summed E-state index contributed by atoms with van der Waals surface area (Å²) in [6.45, 7) is 6.97. The predicted octanol–water partition coefficient (Wildman–Crippen LogP) is 2.12. The van der Waals surface area contributed by atoms with E-state index >= 15 is 0 Å². The second kappa shape index (κ2) is 4.35. The highest BCUT2D eigenvalue weighted by molar-refractivity contribution is 5.23. The summed E-state index contributed by atoms with van der Waals surface area (Å²) in [5.41, 5.74) is 0. The number of ether oxygens (including phenoxy) is 1. The van der Waals surface area contributed by atoms with Crippen molar-refractivity contribution in [3.63, 3.8) is 0 Å². The minimum absolute atomic E-state index is 0.209. The first kappa shape index (κ1) is 8.54. The van der Waals surface area contributed by atoms with Gasteiger partial charge in [0.2, 0.25) is 6.54 Å². The molecule has 0 heterocycles. The fourth-order valence-electron chi connectivity index (χ4n) is 0.763. The summed E-state index contributed by atoms with van der Waals surface area (Å²) in [6, 6.07) is 6.15. The van der Waals surface area contributed by atoms with Gasteiger partial charge in [-0.25, -0.2) is 11.0 Å². The van der Waals surface area contributed by atoms with E-state index in [1.807, 2.05) is 0 Å². The van der Waals surface area contributed by atoms with Crippen LogP contribution in [0.25, 0.3) is 4.85 Å². The highest BCUT2D eigenvalue weighted by atomic mass is 19.1. The van der Waals surface area contributed by atoms with Gasteiger partial charge >= 0.3 is 0 Å². The minimum Gasteiger partial charge on any atom is -0.483 e. The van der Waals surface area contributed by atoms with Crippen molar-refractivity contribution in [3.05, 3.63) is 41.5 Å². The van der Waals surface area contributed by atoms with Crippen LogP contribution in [0.5, 0.6) is 5.75 Å². The summed E-state index contributed by atoms with van der Waals surface area (Å²) in [5, 5.41) is 0. The molecule has 0 N–H and O–H groups in total. The third-order valence-electron chi connectivity index (χ3n) is 1.30. The van der Waals surface area contributed by atoms with Gasteiger partial charge in [0.15, 0.2) is 18.2 Å². The molecule has 62 valence electrons. The zero-order valence-corrected chi connectivity index (χ0v) is 6.46. The first-order chi connectivity index (χ1) is 5.84. The van der Waals surface area contributed by atoms with Gasteiger partial charge in [-0.05, 0) is 12.1 Å². The Kier molecular flexibility index (Phi) is 3.09. The number of halogens is 1. The van der Waals surface area contributed by atoms with Gasteiger partial charge in [0.25, 0.3) is 0 Å². The fourth-order valence-corrected chi connectivity index (χ4v) is 0.763. The molecule has 0 fully saturated rings. The molecule has 1 rings (SSSR count). The molecule has 0 atom stereocenters. The second-order valence-corrected chi connectivity index (χ2v) is 2.16. The van der Waals surface area contributed by atoms with E-state index in [9.17, 15) is 4.39 Å². The Labute approximate surface area is 70.4 Å². The Bertz CT molecular complexity index is 293. The summed E-state index contributed by atoms with van der Waals surface area (Å²) in [5.74, 6) is -0.177. The molecule has 0 saturated heterocycles. The van der Waals surface area contributed by atoms with Crippen LogP contribution in [0.4, 0.5) is 4.39 Å². The highest BCUT2D eigenvalue weighted by Gasteiger charge is 2.00. The Morgan fingerprint density at radius 3 is 2.83 bits per heavy atom. The van der Waals surface area contributed by atoms with Gasteiger partial charge in [0.05, 0.1) is 0 Å². The van der Waals surface area contributed by atoms with Crippen molar-refractivity contribution in [2.24, 2.45) is 0 Å². The van der Waals surface area contributed by atoms with Crippen molar-refractivity contribution in [2.75, 3.05) is 13.2 Å². The summed E-state index contributed by atoms with van der Waals surface area (Å²) in [4.78, 5) is 3.08. The highest BCUT2D eigenvalue weighted by Crippen LogP contribution is 2.14. The van der Waals surface area contributed by atoms with E-state index in [2.05, 4.69) is 4.85 Å². The van der Waals surface area contributed by atoms with Gasteiger partial charge in [-0.1, -0.05) is 12.1 Å². The molecule has 0 amide bonds. The molecule has 3 heteroatoms. The lowest BCUT2D eigenvalue weighted by molar-refractivity contribution is 0.318. The van der Waals surface area contributed by atoms with Gasteiger partial charge in [0, 0.05) is 0 Å². The number of benzene rings is 1. The summed E-state index contributed by atoms with van der Waals surface area (Å²) >= 11 is 0. The van der Waals surface area contributed by atoms with Crippen LogP contribution in [0.2, 0.25) is 0 Å². The molecular formula is C9H8FNO. The monoisotopic (exact) mass is 165 g/mol. The number of nitrogens with zero attached hydrogens (tertiary/aromatic N) is 1. The van der Waals surface area contributed by atoms with Crippen molar-refractivity contribution in [1.29, 1.82) is 0 Å². The summed E-state index contributed by atoms with van der Waals surface area (Å²) in [6.07, 6.45) is 0. The van der Waals surface area contributed by atoms with Crippen LogP contribution in [-0.4, -0.2) is 13.2 Å². The molecule has 0 saturated carbocycles. The SMILES string of the molecule is [C-]#[N+]CCOc1ccccc1F. The Hall–Kier alpha value is -1.56. The second-order valence-electron chi connectivity index (χ2n) is 2.16. The number of hydrogen-bond donors (Lipinski definition) is 0. The van der Waals surface area contributed by atoms with E-state index in [0.29, 0.717) is 0 Å². The van der Waals surface area contributed by atoms with Crippen LogP contribution >= 0.6 is 0 Å². The van der Waals surface area contributed by atoms with Gasteiger partial charge < -0.3 is 9.58 Å². The lowest BCUT2D eigenvalue weighted by atomic mass is 10.3. The fraction of sp³-hybridized carbons (Fsp3) is 0.222. The largest absolute Gasteiger partial charge is 0.483 e. The van der Waals surface area contributed by atoms with E-state index in [-0.39, 0.29) is 24.7 Å². The van der Waals surface area contributed by atoms with Crippen LogP contribution in [0.15, 0.2) is 24.3 Å². The zero-order chi connectivity index (χ0) is 8.81. The lowest BCUT2D eigenvalue weighted by Crippen LogP contribution is -2.00. The van der Waals surface area contributed by atoms with Crippen LogP contribution < -0.4 is 4.74 Å². The maximum Gasteiger partial charge on any atom is 0.248 e. The Morgan fingerprint density at radius 1 is 1.42 bits per heavy atom. The lowest BCUT2D eigenvalue weighted by Gasteiger charge is -2.01. The molecule has 0 radical (unpaired) electrons. The maximum absolute atomic E-state index is 12.8. The quantitative estimate of drug-likeness (QED) is 0.494. The molecule has 0 aliphatic carbocycles. The maximum atomic E-state index is 12.8. The Morgan fingerprint density at radius 2 is 2.17 bits per heavy atom. The van der Waals surface area contributed by atoms with Gasteiger partial charge in [-0.15, -0.1) is 0 Å². The van der Waals surface area contributed by atoms with Gasteiger partial charge in [0.1, 0.15) is 0 Å². The van der Waals surface area contributed by atoms with Crippen molar-refractivity contribution < 1.29 is 9.13 Å². The molecule has 2 nitrogen and oxygen atoms in total. The molecule has 0 aliphatic heterocycles. The first-order valence-corrected chi connectivity index (χ1v) is 3.55. The number of rotatable bonds is 3. The number of hydrogen-bond acceptors (Lipinski definition) is 1. The van der Waals surface area contributed by atoms with E-state index in [4.69, 9.17) is 11.3 Å². The van der Waals surface area contributed by atoms with Crippen molar-refractivity contribution in [1.82, 2.24) is 0 Å². The molecular weight excluding hydrogens is 157 g/mol. The van der Waals surface area contributed by atoms with Crippen LogP contribution in [-0.2, 0) is 0 Å².